The van der Waals surface area contributed by atoms with Crippen LogP contribution in [-0.2, 0) is 9.59 Å². The molecule has 1 heterocycles. The first-order valence-corrected chi connectivity index (χ1v) is 6.47. The van der Waals surface area contributed by atoms with E-state index in [1.165, 1.54) is 0 Å². The van der Waals surface area contributed by atoms with Gasteiger partial charge in [-0.15, -0.1) is 0 Å². The summed E-state index contributed by atoms with van der Waals surface area (Å²) in [6, 6.07) is 8.87. The molecule has 0 aliphatic carbocycles. The van der Waals surface area contributed by atoms with Gasteiger partial charge in [0.15, 0.2) is 0 Å². The molecule has 0 saturated carbocycles. The van der Waals surface area contributed by atoms with Gasteiger partial charge in [-0.05, 0) is 18.6 Å². The summed E-state index contributed by atoms with van der Waals surface area (Å²) >= 11 is 0. The van der Waals surface area contributed by atoms with E-state index >= 15 is 0 Å². The summed E-state index contributed by atoms with van der Waals surface area (Å²) in [5, 5.41) is 14.4. The number of carbonyl (C=O) groups excluding carboxylic acids is 2. The van der Waals surface area contributed by atoms with Crippen molar-refractivity contribution < 1.29 is 9.59 Å². The molecule has 6 nitrogen and oxygen atoms in total. The van der Waals surface area contributed by atoms with Gasteiger partial charge in [0.25, 0.3) is 0 Å². The van der Waals surface area contributed by atoms with Crippen molar-refractivity contribution in [3.05, 3.63) is 29.8 Å². The SMILES string of the molecule is N#Cc1ccccc1NC(=O)CN1CCCNC(=O)C1. The molecule has 1 aliphatic rings. The first-order valence-electron chi connectivity index (χ1n) is 6.47. The van der Waals surface area contributed by atoms with E-state index in [4.69, 9.17) is 5.26 Å². The third kappa shape index (κ3) is 3.80. The zero-order chi connectivity index (χ0) is 14.4. The number of carbonyl (C=O) groups is 2. The number of nitriles is 1. The second kappa shape index (κ2) is 6.68. The van der Waals surface area contributed by atoms with Gasteiger partial charge >= 0.3 is 0 Å². The van der Waals surface area contributed by atoms with E-state index in [2.05, 4.69) is 10.6 Å². The quantitative estimate of drug-likeness (QED) is 0.829. The normalized spacial score (nSPS) is 15.8. The van der Waals surface area contributed by atoms with Gasteiger partial charge in [-0.3, -0.25) is 14.5 Å². The van der Waals surface area contributed by atoms with Crippen LogP contribution in [0.3, 0.4) is 0 Å². The molecular formula is C14H16N4O2. The van der Waals surface area contributed by atoms with E-state index in [0.717, 1.165) is 6.42 Å². The van der Waals surface area contributed by atoms with Crippen molar-refractivity contribution in [2.75, 3.05) is 31.5 Å². The number of benzene rings is 1. The third-order valence-corrected chi connectivity index (χ3v) is 3.03. The van der Waals surface area contributed by atoms with Gasteiger partial charge in [0.05, 0.1) is 24.3 Å². The molecule has 6 heteroatoms. The van der Waals surface area contributed by atoms with E-state index in [1.54, 1.807) is 29.2 Å². The third-order valence-electron chi connectivity index (χ3n) is 3.03. The molecule has 2 N–H and O–H groups in total. The number of rotatable bonds is 3. The Bertz CT molecular complexity index is 550. The fraction of sp³-hybridized carbons (Fsp3) is 0.357. The zero-order valence-corrected chi connectivity index (χ0v) is 11.1. The minimum Gasteiger partial charge on any atom is -0.355 e. The minimum absolute atomic E-state index is 0.0623. The minimum atomic E-state index is -0.220. The molecular weight excluding hydrogens is 256 g/mol. The second-order valence-electron chi connectivity index (χ2n) is 4.62. The van der Waals surface area contributed by atoms with Gasteiger partial charge < -0.3 is 10.6 Å². The van der Waals surface area contributed by atoms with Gasteiger partial charge in [0.1, 0.15) is 6.07 Å². The molecule has 0 spiro atoms. The van der Waals surface area contributed by atoms with Crippen LogP contribution < -0.4 is 10.6 Å². The number of nitrogens with zero attached hydrogens (tertiary/aromatic N) is 2. The van der Waals surface area contributed by atoms with Gasteiger partial charge in [-0.2, -0.15) is 5.26 Å². The van der Waals surface area contributed by atoms with Crippen molar-refractivity contribution in [1.29, 1.82) is 5.26 Å². The highest BCUT2D eigenvalue weighted by Crippen LogP contribution is 2.13. The van der Waals surface area contributed by atoms with E-state index in [9.17, 15) is 9.59 Å². The van der Waals surface area contributed by atoms with Crippen LogP contribution in [0.1, 0.15) is 12.0 Å². The average molecular weight is 272 g/mol. The smallest absolute Gasteiger partial charge is 0.238 e. The molecule has 0 bridgehead atoms. The Morgan fingerprint density at radius 1 is 1.45 bits per heavy atom. The lowest BCUT2D eigenvalue weighted by molar-refractivity contribution is -0.122. The summed E-state index contributed by atoms with van der Waals surface area (Å²) in [7, 11) is 0. The van der Waals surface area contributed by atoms with Crippen LogP contribution in [-0.4, -0.2) is 42.9 Å². The summed E-state index contributed by atoms with van der Waals surface area (Å²) in [5.41, 5.74) is 0.925. The van der Waals surface area contributed by atoms with Crippen LogP contribution >= 0.6 is 0 Å². The van der Waals surface area contributed by atoms with Crippen molar-refractivity contribution in [2.45, 2.75) is 6.42 Å². The predicted molar refractivity (Wildman–Crippen MR) is 73.9 cm³/mol. The number of nitrogens with one attached hydrogen (secondary N) is 2. The number of amides is 2. The van der Waals surface area contributed by atoms with Crippen molar-refractivity contribution in [1.82, 2.24) is 10.2 Å². The summed E-state index contributed by atoms with van der Waals surface area (Å²) in [6.07, 6.45) is 0.827. The Morgan fingerprint density at radius 2 is 2.25 bits per heavy atom. The summed E-state index contributed by atoms with van der Waals surface area (Å²) in [6.45, 7) is 1.72. The Labute approximate surface area is 117 Å². The fourth-order valence-corrected chi connectivity index (χ4v) is 2.09. The number of anilines is 1. The van der Waals surface area contributed by atoms with Crippen LogP contribution in [0.2, 0.25) is 0 Å². The molecule has 0 unspecified atom stereocenters. The van der Waals surface area contributed by atoms with Gasteiger partial charge in [-0.1, -0.05) is 12.1 Å². The van der Waals surface area contributed by atoms with Crippen LogP contribution in [0.4, 0.5) is 5.69 Å². The fourth-order valence-electron chi connectivity index (χ4n) is 2.09. The van der Waals surface area contributed by atoms with Crippen molar-refractivity contribution in [3.63, 3.8) is 0 Å². The summed E-state index contributed by atoms with van der Waals surface area (Å²) in [5.74, 6) is -0.282. The highest BCUT2D eigenvalue weighted by Gasteiger charge is 2.17. The predicted octanol–water partition coefficient (Wildman–Crippen LogP) is 0.319. The Kier molecular flexibility index (Phi) is 4.69. The first kappa shape index (κ1) is 14.0. The standard InChI is InChI=1S/C14H16N4O2/c15-8-11-4-1-2-5-12(11)17-14(20)10-18-7-3-6-16-13(19)9-18/h1-2,4-5H,3,6-7,9-10H2,(H,16,19)(H,17,20). The maximum Gasteiger partial charge on any atom is 0.238 e. The van der Waals surface area contributed by atoms with E-state index in [1.807, 2.05) is 6.07 Å². The topological polar surface area (TPSA) is 85.2 Å². The van der Waals surface area contributed by atoms with Gasteiger partial charge in [-0.25, -0.2) is 0 Å². The monoisotopic (exact) mass is 272 g/mol. The summed E-state index contributed by atoms with van der Waals surface area (Å²) < 4.78 is 0. The molecule has 2 rings (SSSR count). The van der Waals surface area contributed by atoms with Crippen LogP contribution in [0.5, 0.6) is 0 Å². The molecule has 0 atom stereocenters. The maximum atomic E-state index is 12.0. The summed E-state index contributed by atoms with van der Waals surface area (Å²) in [4.78, 5) is 25.2. The van der Waals surface area contributed by atoms with E-state index in [-0.39, 0.29) is 24.9 Å². The van der Waals surface area contributed by atoms with Crippen molar-refractivity contribution >= 4 is 17.5 Å². The Balaban J connectivity index is 1.95. The van der Waals surface area contributed by atoms with Crippen LogP contribution in [0.15, 0.2) is 24.3 Å². The van der Waals surface area contributed by atoms with Gasteiger partial charge in [0, 0.05) is 13.1 Å². The Morgan fingerprint density at radius 3 is 3.05 bits per heavy atom. The molecule has 2 amide bonds. The number of hydrogen-bond donors (Lipinski definition) is 2. The zero-order valence-electron chi connectivity index (χ0n) is 11.1. The molecule has 20 heavy (non-hydrogen) atoms. The van der Waals surface area contributed by atoms with Crippen LogP contribution in [0.25, 0.3) is 0 Å². The largest absolute Gasteiger partial charge is 0.355 e. The highest BCUT2D eigenvalue weighted by atomic mass is 16.2. The molecule has 1 aliphatic heterocycles. The lowest BCUT2D eigenvalue weighted by Crippen LogP contribution is -2.38. The maximum absolute atomic E-state index is 12.0. The molecule has 0 aromatic heterocycles. The molecule has 1 aromatic carbocycles. The highest BCUT2D eigenvalue weighted by molar-refractivity contribution is 5.93. The van der Waals surface area contributed by atoms with Crippen molar-refractivity contribution in [2.24, 2.45) is 0 Å². The number of para-hydroxylation sites is 1. The van der Waals surface area contributed by atoms with Gasteiger partial charge in [0.2, 0.25) is 11.8 Å². The second-order valence-corrected chi connectivity index (χ2v) is 4.62. The Hall–Kier alpha value is -2.39. The van der Waals surface area contributed by atoms with E-state index < -0.39 is 0 Å². The molecule has 104 valence electrons. The molecule has 1 fully saturated rings. The molecule has 1 aromatic rings. The molecule has 1 saturated heterocycles. The lowest BCUT2D eigenvalue weighted by atomic mass is 10.2. The van der Waals surface area contributed by atoms with E-state index in [0.29, 0.717) is 24.3 Å². The van der Waals surface area contributed by atoms with Crippen molar-refractivity contribution in [3.8, 4) is 6.07 Å². The number of hydrogen-bond acceptors (Lipinski definition) is 4. The average Bonchev–Trinajstić information content (AvgIpc) is 2.63. The first-order chi connectivity index (χ1) is 9.69. The lowest BCUT2D eigenvalue weighted by Gasteiger charge is -2.17. The molecule has 0 radical (unpaired) electrons. The van der Waals surface area contributed by atoms with Crippen LogP contribution in [0, 0.1) is 11.3 Å².